The zero-order chi connectivity index (χ0) is 24.2. The Balaban J connectivity index is 1.31. The molecule has 0 spiro atoms. The van der Waals surface area contributed by atoms with Crippen LogP contribution in [0.3, 0.4) is 0 Å². The van der Waals surface area contributed by atoms with Gasteiger partial charge < -0.3 is 10.1 Å². The number of carbonyl (C=O) groups is 1. The van der Waals surface area contributed by atoms with Crippen LogP contribution in [0.15, 0.2) is 78.9 Å². The summed E-state index contributed by atoms with van der Waals surface area (Å²) in [6.45, 7) is 4.45. The summed E-state index contributed by atoms with van der Waals surface area (Å²) in [5, 5.41) is 15.8. The molecule has 5 rings (SSSR count). The Hall–Kier alpha value is -4.65. The molecule has 0 unspecified atom stereocenters. The van der Waals surface area contributed by atoms with Gasteiger partial charge in [-0.2, -0.15) is 10.2 Å². The van der Waals surface area contributed by atoms with Crippen LogP contribution >= 0.6 is 0 Å². The first-order chi connectivity index (χ1) is 17.1. The summed E-state index contributed by atoms with van der Waals surface area (Å²) in [6, 6.07) is 25.0. The average molecular weight is 464 g/mol. The fourth-order valence-electron chi connectivity index (χ4n) is 3.89. The minimum Gasteiger partial charge on any atom is -0.457 e. The maximum Gasteiger partial charge on any atom is 0.273 e. The van der Waals surface area contributed by atoms with E-state index in [-0.39, 0.29) is 5.91 Å². The molecule has 0 aliphatic heterocycles. The van der Waals surface area contributed by atoms with E-state index in [9.17, 15) is 4.79 Å². The number of benzene rings is 3. The minimum atomic E-state index is -0.209. The van der Waals surface area contributed by atoms with Gasteiger partial charge in [-0.1, -0.05) is 42.5 Å². The van der Waals surface area contributed by atoms with Gasteiger partial charge in [0.25, 0.3) is 5.91 Å². The SMILES string of the molecule is CCn1nc(C)cc1C(=O)Nc1cccc(Oc2ccc3c(C=Cc4ccccc4)n[nH]c3c2)c1. The van der Waals surface area contributed by atoms with Crippen LogP contribution in [0.1, 0.15) is 34.4 Å². The van der Waals surface area contributed by atoms with Gasteiger partial charge in [-0.3, -0.25) is 14.6 Å². The van der Waals surface area contributed by atoms with Crippen molar-refractivity contribution in [2.45, 2.75) is 20.4 Å². The van der Waals surface area contributed by atoms with E-state index in [1.165, 1.54) is 0 Å². The van der Waals surface area contributed by atoms with Crippen LogP contribution in [0, 0.1) is 6.92 Å². The molecule has 0 aliphatic carbocycles. The number of H-pyrrole nitrogens is 1. The highest BCUT2D eigenvalue weighted by atomic mass is 16.5. The van der Waals surface area contributed by atoms with Gasteiger partial charge in [0.1, 0.15) is 17.2 Å². The van der Waals surface area contributed by atoms with Crippen molar-refractivity contribution in [1.82, 2.24) is 20.0 Å². The van der Waals surface area contributed by atoms with E-state index in [1.807, 2.05) is 92.7 Å². The van der Waals surface area contributed by atoms with Crippen LogP contribution < -0.4 is 10.1 Å². The molecule has 0 radical (unpaired) electrons. The first-order valence-electron chi connectivity index (χ1n) is 11.4. The highest BCUT2D eigenvalue weighted by Crippen LogP contribution is 2.28. The highest BCUT2D eigenvalue weighted by molar-refractivity contribution is 6.03. The summed E-state index contributed by atoms with van der Waals surface area (Å²) < 4.78 is 7.76. The third-order valence-electron chi connectivity index (χ3n) is 5.56. The molecule has 1 amide bonds. The topological polar surface area (TPSA) is 84.8 Å². The van der Waals surface area contributed by atoms with Gasteiger partial charge in [0.2, 0.25) is 0 Å². The second-order valence-electron chi connectivity index (χ2n) is 8.13. The van der Waals surface area contributed by atoms with Gasteiger partial charge in [0.15, 0.2) is 0 Å². The number of fused-ring (bicyclic) bond motifs is 1. The molecule has 0 saturated heterocycles. The van der Waals surface area contributed by atoms with Crippen molar-refractivity contribution < 1.29 is 9.53 Å². The number of hydrogen-bond acceptors (Lipinski definition) is 4. The van der Waals surface area contributed by atoms with Gasteiger partial charge in [-0.25, -0.2) is 0 Å². The summed E-state index contributed by atoms with van der Waals surface area (Å²) in [5.41, 5.74) is 4.83. The molecule has 7 heteroatoms. The van der Waals surface area contributed by atoms with Crippen LogP contribution in [0.25, 0.3) is 23.1 Å². The van der Waals surface area contributed by atoms with Crippen LogP contribution in [0.5, 0.6) is 11.5 Å². The molecule has 3 aromatic carbocycles. The van der Waals surface area contributed by atoms with Crippen molar-refractivity contribution in [3.8, 4) is 11.5 Å². The molecule has 0 saturated carbocycles. The molecule has 2 aromatic heterocycles. The lowest BCUT2D eigenvalue weighted by molar-refractivity contribution is 0.101. The molecule has 5 aromatic rings. The second kappa shape index (κ2) is 9.69. The highest BCUT2D eigenvalue weighted by Gasteiger charge is 2.14. The number of nitrogens with one attached hydrogen (secondary N) is 2. The van der Waals surface area contributed by atoms with E-state index >= 15 is 0 Å². The normalized spacial score (nSPS) is 11.3. The smallest absolute Gasteiger partial charge is 0.273 e. The quantitative estimate of drug-likeness (QED) is 0.296. The van der Waals surface area contributed by atoms with Crippen LogP contribution in [0.2, 0.25) is 0 Å². The Labute approximate surface area is 203 Å². The molecule has 2 N–H and O–H groups in total. The molecule has 0 bridgehead atoms. The summed E-state index contributed by atoms with van der Waals surface area (Å²) in [7, 11) is 0. The van der Waals surface area contributed by atoms with Crippen LogP contribution in [0.4, 0.5) is 5.69 Å². The predicted molar refractivity (Wildman–Crippen MR) is 139 cm³/mol. The van der Waals surface area contributed by atoms with Gasteiger partial charge >= 0.3 is 0 Å². The van der Waals surface area contributed by atoms with E-state index in [4.69, 9.17) is 4.74 Å². The zero-order valence-corrected chi connectivity index (χ0v) is 19.5. The number of carbonyl (C=O) groups excluding carboxylic acids is 1. The fourth-order valence-corrected chi connectivity index (χ4v) is 3.89. The number of nitrogens with zero attached hydrogens (tertiary/aromatic N) is 3. The van der Waals surface area contributed by atoms with Crippen molar-refractivity contribution in [3.63, 3.8) is 0 Å². The Morgan fingerprint density at radius 2 is 1.83 bits per heavy atom. The number of aromatic amines is 1. The molecule has 0 fully saturated rings. The van der Waals surface area contributed by atoms with Gasteiger partial charge in [-0.05, 0) is 55.8 Å². The van der Waals surface area contributed by atoms with Crippen molar-refractivity contribution in [3.05, 3.63) is 102 Å². The zero-order valence-electron chi connectivity index (χ0n) is 19.5. The molecule has 0 aliphatic rings. The minimum absolute atomic E-state index is 0.209. The number of amides is 1. The van der Waals surface area contributed by atoms with E-state index in [0.717, 1.165) is 27.9 Å². The van der Waals surface area contributed by atoms with Gasteiger partial charge in [0.05, 0.1) is 16.9 Å². The molecule has 174 valence electrons. The Kier molecular flexibility index (Phi) is 6.13. The Morgan fingerprint density at radius 1 is 1.00 bits per heavy atom. The molecular formula is C28H25N5O2. The van der Waals surface area contributed by atoms with Crippen molar-refractivity contribution in [2.75, 3.05) is 5.32 Å². The maximum atomic E-state index is 12.7. The largest absolute Gasteiger partial charge is 0.457 e. The summed E-state index contributed by atoms with van der Waals surface area (Å²) in [4.78, 5) is 12.7. The lowest BCUT2D eigenvalue weighted by Gasteiger charge is -2.10. The Morgan fingerprint density at radius 3 is 2.66 bits per heavy atom. The number of aromatic nitrogens is 4. The molecule has 2 heterocycles. The summed E-state index contributed by atoms with van der Waals surface area (Å²) >= 11 is 0. The molecule has 7 nitrogen and oxygen atoms in total. The first-order valence-corrected chi connectivity index (χ1v) is 11.4. The first kappa shape index (κ1) is 22.2. The summed E-state index contributed by atoms with van der Waals surface area (Å²) in [6.07, 6.45) is 4.03. The van der Waals surface area contributed by atoms with E-state index in [0.29, 0.717) is 29.4 Å². The number of rotatable bonds is 7. The van der Waals surface area contributed by atoms with Crippen LogP contribution in [-0.4, -0.2) is 25.9 Å². The fraction of sp³-hybridized carbons (Fsp3) is 0.107. The lowest BCUT2D eigenvalue weighted by atomic mass is 10.1. The summed E-state index contributed by atoms with van der Waals surface area (Å²) in [5.74, 6) is 1.08. The standard InChI is InChI=1S/C28H25N5O2/c1-3-33-27(16-19(2)32-33)28(34)29-21-10-7-11-22(17-21)35-23-13-14-24-25(30-31-26(24)18-23)15-12-20-8-5-4-6-9-20/h4-18H,3H2,1-2H3,(H,29,34)(H,30,31). The van der Waals surface area contributed by atoms with Gasteiger partial charge in [0, 0.05) is 29.8 Å². The Bertz CT molecular complexity index is 1520. The second-order valence-corrected chi connectivity index (χ2v) is 8.13. The van der Waals surface area contributed by atoms with E-state index < -0.39 is 0 Å². The number of anilines is 1. The van der Waals surface area contributed by atoms with E-state index in [1.54, 1.807) is 16.8 Å². The maximum absolute atomic E-state index is 12.7. The predicted octanol–water partition coefficient (Wildman–Crippen LogP) is 6.30. The van der Waals surface area contributed by atoms with Gasteiger partial charge in [-0.15, -0.1) is 0 Å². The molecule has 35 heavy (non-hydrogen) atoms. The van der Waals surface area contributed by atoms with Crippen LogP contribution in [-0.2, 0) is 6.54 Å². The number of ether oxygens (including phenoxy) is 1. The molecular weight excluding hydrogens is 438 g/mol. The lowest BCUT2D eigenvalue weighted by Crippen LogP contribution is -2.17. The third-order valence-corrected chi connectivity index (χ3v) is 5.56. The monoisotopic (exact) mass is 463 g/mol. The average Bonchev–Trinajstić information content (AvgIpc) is 3.46. The number of hydrogen-bond donors (Lipinski definition) is 2. The van der Waals surface area contributed by atoms with Crippen molar-refractivity contribution in [2.24, 2.45) is 0 Å². The molecule has 0 atom stereocenters. The van der Waals surface area contributed by atoms with Crippen molar-refractivity contribution >= 4 is 34.6 Å². The number of aryl methyl sites for hydroxylation is 2. The van der Waals surface area contributed by atoms with E-state index in [2.05, 4.69) is 20.6 Å². The third kappa shape index (κ3) is 4.99. The van der Waals surface area contributed by atoms with Crippen molar-refractivity contribution in [1.29, 1.82) is 0 Å².